The van der Waals surface area contributed by atoms with Crippen molar-refractivity contribution in [2.45, 2.75) is 38.5 Å². The third kappa shape index (κ3) is 6.54. The minimum Gasteiger partial charge on any atom is -0.309 e. The van der Waals surface area contributed by atoms with E-state index >= 15 is 8.78 Å². The second-order valence-electron chi connectivity index (χ2n) is 21.1. The van der Waals surface area contributed by atoms with Crippen molar-refractivity contribution in [3.63, 3.8) is 0 Å². The van der Waals surface area contributed by atoms with Crippen LogP contribution in [-0.2, 0) is 10.8 Å². The fourth-order valence-electron chi connectivity index (χ4n) is 12.8. The van der Waals surface area contributed by atoms with Crippen LogP contribution in [0.15, 0.2) is 231 Å². The predicted octanol–water partition coefficient (Wildman–Crippen LogP) is 19.7. The van der Waals surface area contributed by atoms with Crippen molar-refractivity contribution in [3.05, 3.63) is 264 Å². The van der Waals surface area contributed by atoms with E-state index in [0.717, 1.165) is 99.8 Å². The molecule has 0 heterocycles. The van der Waals surface area contributed by atoms with Gasteiger partial charge in [0.15, 0.2) is 0 Å². The zero-order chi connectivity index (χ0) is 50.0. The normalized spacial score (nSPS) is 13.8. The molecule has 0 radical (unpaired) electrons. The molecule has 12 aromatic carbocycles. The minimum absolute atomic E-state index is 0.254. The molecule has 0 fully saturated rings. The highest BCUT2D eigenvalue weighted by Gasteiger charge is 2.40. The van der Waals surface area contributed by atoms with E-state index in [9.17, 15) is 0 Å². The van der Waals surface area contributed by atoms with Gasteiger partial charge < -0.3 is 9.80 Å². The molecule has 0 amide bonds. The maximum absolute atomic E-state index is 16.5. The molecule has 14 rings (SSSR count). The molecule has 12 aromatic rings. The van der Waals surface area contributed by atoms with Gasteiger partial charge in [-0.15, -0.1) is 0 Å². The van der Waals surface area contributed by atoms with Gasteiger partial charge in [0.25, 0.3) is 0 Å². The lowest BCUT2D eigenvalue weighted by molar-refractivity contribution is 0.628. The van der Waals surface area contributed by atoms with E-state index in [1.807, 2.05) is 60.7 Å². The van der Waals surface area contributed by atoms with Gasteiger partial charge in [-0.3, -0.25) is 0 Å². The van der Waals surface area contributed by atoms with Gasteiger partial charge in [0.2, 0.25) is 0 Å². The molecule has 0 atom stereocenters. The lowest BCUT2D eigenvalue weighted by Gasteiger charge is -2.32. The quantitative estimate of drug-likeness (QED) is 0.140. The average molecular weight is 957 g/mol. The van der Waals surface area contributed by atoms with Gasteiger partial charge in [0.05, 0.1) is 22.7 Å². The molecule has 0 N–H and O–H groups in total. The Hall–Kier alpha value is -8.86. The third-order valence-corrected chi connectivity index (χ3v) is 16.2. The second-order valence-corrected chi connectivity index (χ2v) is 21.1. The van der Waals surface area contributed by atoms with Crippen molar-refractivity contribution in [3.8, 4) is 44.5 Å². The summed E-state index contributed by atoms with van der Waals surface area (Å²) in [6.07, 6.45) is 0. The summed E-state index contributed by atoms with van der Waals surface area (Å²) in [5, 5.41) is 6.45. The Morgan fingerprint density at radius 3 is 1.12 bits per heavy atom. The van der Waals surface area contributed by atoms with Gasteiger partial charge in [-0.25, -0.2) is 8.78 Å². The molecule has 74 heavy (non-hydrogen) atoms. The smallest absolute Gasteiger partial charge is 0.125 e. The molecule has 0 bridgehead atoms. The van der Waals surface area contributed by atoms with Crippen LogP contribution in [0.2, 0.25) is 0 Å². The van der Waals surface area contributed by atoms with Crippen molar-refractivity contribution in [2.75, 3.05) is 9.80 Å². The Morgan fingerprint density at radius 2 is 0.689 bits per heavy atom. The third-order valence-electron chi connectivity index (χ3n) is 16.2. The number of benzene rings is 12. The summed E-state index contributed by atoms with van der Waals surface area (Å²) in [5.74, 6) is -0.624. The molecule has 4 heteroatoms. The standard InChI is InChI=1S/C70H50F2N2/c1-69(2)57-23-13-11-21-53(57)67-59(69)25-15-27-63(67)73(51-39-47(37-49(71)41-51)43-17-7-5-8-18-43)61-35-31-45-30-34-56-62(36-32-46-29-33-55(61)65(45)66(46)56)74(52-40-48(38-50(72)42-52)44-19-9-6-10-20-44)64-28-16-26-60-68(64)54-22-12-14-24-58(54)70(60,3)4/h5-42H,1-4H3. The largest absolute Gasteiger partial charge is 0.309 e. The maximum Gasteiger partial charge on any atom is 0.125 e. The van der Waals surface area contributed by atoms with Gasteiger partial charge in [0.1, 0.15) is 11.6 Å². The summed E-state index contributed by atoms with van der Waals surface area (Å²) in [6, 6.07) is 79.4. The van der Waals surface area contributed by atoms with Crippen LogP contribution in [0.25, 0.3) is 76.8 Å². The predicted molar refractivity (Wildman–Crippen MR) is 305 cm³/mol. The summed E-state index contributed by atoms with van der Waals surface area (Å²) in [7, 11) is 0. The molecular weight excluding hydrogens is 907 g/mol. The lowest BCUT2D eigenvalue weighted by atomic mass is 9.82. The van der Waals surface area contributed by atoms with Gasteiger partial charge in [-0.05, 0) is 138 Å². The number of anilines is 6. The number of hydrogen-bond acceptors (Lipinski definition) is 2. The van der Waals surface area contributed by atoms with Gasteiger partial charge >= 0.3 is 0 Å². The minimum atomic E-state index is -0.312. The first-order chi connectivity index (χ1) is 36.0. The van der Waals surface area contributed by atoms with Crippen molar-refractivity contribution in [1.82, 2.24) is 0 Å². The fraction of sp³-hybridized carbons (Fsp3) is 0.0857. The average Bonchev–Trinajstić information content (AvgIpc) is 3.82. The first-order valence-electron chi connectivity index (χ1n) is 25.5. The highest BCUT2D eigenvalue weighted by atomic mass is 19.1. The van der Waals surface area contributed by atoms with E-state index in [-0.39, 0.29) is 22.5 Å². The van der Waals surface area contributed by atoms with E-state index in [1.165, 1.54) is 33.4 Å². The van der Waals surface area contributed by atoms with Crippen molar-refractivity contribution in [2.24, 2.45) is 0 Å². The van der Waals surface area contributed by atoms with Gasteiger partial charge in [-0.2, -0.15) is 0 Å². The monoisotopic (exact) mass is 956 g/mol. The number of nitrogens with zero attached hydrogens (tertiary/aromatic N) is 2. The molecule has 0 saturated heterocycles. The number of rotatable bonds is 8. The Bertz CT molecular complexity index is 3960. The summed E-state index contributed by atoms with van der Waals surface area (Å²) in [6.45, 7) is 9.20. The summed E-state index contributed by atoms with van der Waals surface area (Å²) >= 11 is 0. The van der Waals surface area contributed by atoms with Crippen molar-refractivity contribution >= 4 is 66.4 Å². The number of halogens is 2. The molecule has 2 aliphatic carbocycles. The van der Waals surface area contributed by atoms with Crippen LogP contribution >= 0.6 is 0 Å². The van der Waals surface area contributed by atoms with Crippen molar-refractivity contribution in [1.29, 1.82) is 0 Å². The molecule has 0 saturated carbocycles. The second kappa shape index (κ2) is 16.3. The Kier molecular flexibility index (Phi) is 9.68. The maximum atomic E-state index is 16.5. The Labute approximate surface area is 430 Å². The van der Waals surface area contributed by atoms with Crippen molar-refractivity contribution < 1.29 is 8.78 Å². The van der Waals surface area contributed by atoms with Crippen LogP contribution in [-0.4, -0.2) is 0 Å². The zero-order valence-electron chi connectivity index (χ0n) is 41.6. The fourth-order valence-corrected chi connectivity index (χ4v) is 12.8. The van der Waals surface area contributed by atoms with Gasteiger partial charge in [0, 0.05) is 44.1 Å². The van der Waals surface area contributed by atoms with E-state index in [1.54, 1.807) is 24.3 Å². The molecule has 354 valence electrons. The lowest BCUT2D eigenvalue weighted by Crippen LogP contribution is -2.16. The highest BCUT2D eigenvalue weighted by Crippen LogP contribution is 2.58. The van der Waals surface area contributed by atoms with Crippen LogP contribution in [0.1, 0.15) is 49.9 Å². The van der Waals surface area contributed by atoms with Gasteiger partial charge in [-0.1, -0.05) is 198 Å². The van der Waals surface area contributed by atoms with Crippen LogP contribution in [0, 0.1) is 11.6 Å². The topological polar surface area (TPSA) is 6.48 Å². The number of hydrogen-bond donors (Lipinski definition) is 0. The molecule has 2 aliphatic rings. The summed E-state index contributed by atoms with van der Waals surface area (Å²) in [4.78, 5) is 4.58. The molecule has 0 spiro atoms. The van der Waals surface area contributed by atoms with E-state index in [2.05, 4.69) is 183 Å². The summed E-state index contributed by atoms with van der Waals surface area (Å²) < 4.78 is 33.0. The molecular formula is C70H50F2N2. The van der Waals surface area contributed by atoms with E-state index in [0.29, 0.717) is 0 Å². The molecule has 0 aliphatic heterocycles. The first-order valence-corrected chi connectivity index (χ1v) is 25.5. The molecule has 0 aromatic heterocycles. The highest BCUT2D eigenvalue weighted by molar-refractivity contribution is 6.28. The Morgan fingerprint density at radius 1 is 0.311 bits per heavy atom. The number of fused-ring (bicyclic) bond motifs is 6. The van der Waals surface area contributed by atoms with Crippen LogP contribution in [0.5, 0.6) is 0 Å². The van der Waals surface area contributed by atoms with E-state index < -0.39 is 0 Å². The van der Waals surface area contributed by atoms with Crippen LogP contribution < -0.4 is 9.80 Å². The first kappa shape index (κ1) is 43.9. The molecule has 0 unspecified atom stereocenters. The zero-order valence-corrected chi connectivity index (χ0v) is 41.6. The van der Waals surface area contributed by atoms with E-state index in [4.69, 9.17) is 0 Å². The molecule has 2 nitrogen and oxygen atoms in total. The Balaban J connectivity index is 1.05. The SMILES string of the molecule is CC1(C)c2ccccc2-c2c(N(c3cc(F)cc(-c4ccccc4)c3)c3ccc4ccc5c(N(c6cc(F)cc(-c7ccccc7)c6)c6cccc7c6-c6ccccc6C7(C)C)ccc6ccc3c4c65)cccc21. The summed E-state index contributed by atoms with van der Waals surface area (Å²) in [5.41, 5.74) is 17.9. The van der Waals surface area contributed by atoms with Crippen LogP contribution in [0.3, 0.4) is 0 Å². The van der Waals surface area contributed by atoms with Crippen LogP contribution in [0.4, 0.5) is 42.9 Å².